The molecule has 2 aromatic carbocycles. The fraction of sp³-hybridized carbons (Fsp3) is 0. The minimum Gasteiger partial charge on any atom is -1.00 e. The monoisotopic (exact) mass is 332 g/mol. The second kappa shape index (κ2) is 9.89. The normalized spacial score (nSPS) is 10.1. The third-order valence-electron chi connectivity index (χ3n) is 2.43. The van der Waals surface area contributed by atoms with Gasteiger partial charge in [0.05, 0.1) is 0 Å². The zero-order valence-electron chi connectivity index (χ0n) is 9.60. The predicted molar refractivity (Wildman–Crippen MR) is 73.4 cm³/mol. The van der Waals surface area contributed by atoms with Gasteiger partial charge in [0.1, 0.15) is 0 Å². The van der Waals surface area contributed by atoms with Crippen LogP contribution in [-0.2, 0) is 3.48 Å². The van der Waals surface area contributed by atoms with Crippen LogP contribution >= 0.6 is 11.1 Å². The Morgan fingerprint density at radius 2 is 1.17 bits per heavy atom. The third kappa shape index (κ3) is 4.95. The van der Waals surface area contributed by atoms with Crippen molar-refractivity contribution in [2.45, 2.75) is 0 Å². The molecule has 94 valence electrons. The first-order chi connectivity index (χ1) is 7.92. The fourth-order valence-corrected chi connectivity index (χ4v) is 6.41. The maximum absolute atomic E-state index is 5.86. The molecule has 0 saturated heterocycles. The summed E-state index contributed by atoms with van der Waals surface area (Å²) in [5, 5.41) is 0. The Labute approximate surface area is 132 Å². The van der Waals surface area contributed by atoms with Crippen LogP contribution in [0.3, 0.4) is 0 Å². The maximum atomic E-state index is 5.86. The van der Waals surface area contributed by atoms with E-state index in [0.29, 0.717) is 0 Å². The Bertz CT molecular complexity index is 390. The van der Waals surface area contributed by atoms with Crippen LogP contribution in [0.15, 0.2) is 60.7 Å². The summed E-state index contributed by atoms with van der Waals surface area (Å²) in [6.45, 7) is 0. The molecule has 0 aliphatic rings. The standard InChI is InChI=1S/2C6H5.Al.ClH2OSi.2ClH/c2*1-2-4-6-5-3-1;;1-3-2;;/h2*1-5H;;3H2;2*1H/q;;+3;-1;;/p-2. The molecule has 1 nitrogen and oxygen atoms in total. The average molecular weight is 334 g/mol. The van der Waals surface area contributed by atoms with Gasteiger partial charge in [-0.2, -0.15) is 0 Å². The van der Waals surface area contributed by atoms with E-state index >= 15 is 0 Å². The van der Waals surface area contributed by atoms with Gasteiger partial charge in [-0.05, 0) is 24.3 Å². The summed E-state index contributed by atoms with van der Waals surface area (Å²) in [4.78, 5) is 0. The number of benzene rings is 2. The van der Waals surface area contributed by atoms with E-state index in [9.17, 15) is 0 Å². The van der Waals surface area contributed by atoms with Gasteiger partial charge in [0, 0.05) is 0 Å². The molecule has 4 radical (unpaired) electrons. The van der Waals surface area contributed by atoms with Gasteiger partial charge < -0.3 is 24.8 Å². The van der Waals surface area contributed by atoms with E-state index < -0.39 is 23.6 Å². The zero-order chi connectivity index (χ0) is 11.2. The molecule has 2 rings (SSSR count). The molecule has 0 unspecified atom stereocenters. The highest BCUT2D eigenvalue weighted by Crippen LogP contribution is 1.94. The highest BCUT2D eigenvalue weighted by Gasteiger charge is 2.70. The summed E-state index contributed by atoms with van der Waals surface area (Å²) in [6, 6.07) is 20.8. The van der Waals surface area contributed by atoms with Gasteiger partial charge >= 0.3 is 23.6 Å². The van der Waals surface area contributed by atoms with E-state index in [1.54, 1.807) is 0 Å². The Balaban J connectivity index is 0.00000144. The summed E-state index contributed by atoms with van der Waals surface area (Å²) in [6.07, 6.45) is 0. The largest absolute Gasteiger partial charge is 1.25 e. The molecule has 0 saturated carbocycles. The molecular weight excluding hydrogens is 322 g/mol. The molecule has 0 aliphatic carbocycles. The topological polar surface area (TPSA) is 9.23 Å². The smallest absolute Gasteiger partial charge is 1.00 e. The summed E-state index contributed by atoms with van der Waals surface area (Å²) in [5.74, 6) is 0. The van der Waals surface area contributed by atoms with E-state index in [1.165, 1.54) is 8.85 Å². The average Bonchev–Trinajstić information content (AvgIpc) is 2.38. The molecule has 0 fully saturated rings. The Morgan fingerprint density at radius 3 is 1.50 bits per heavy atom. The summed E-state index contributed by atoms with van der Waals surface area (Å²) >= 11 is 4.33. The maximum Gasteiger partial charge on any atom is 1.25 e. The molecule has 0 aromatic heterocycles. The molecule has 0 atom stereocenters. The van der Waals surface area contributed by atoms with Crippen LogP contribution in [0.4, 0.5) is 0 Å². The van der Waals surface area contributed by atoms with E-state index in [-0.39, 0.29) is 24.8 Å². The number of halogens is 3. The minimum atomic E-state index is -1.52. The van der Waals surface area contributed by atoms with Crippen molar-refractivity contribution >= 4 is 43.5 Å². The first-order valence-corrected chi connectivity index (χ1v) is 9.53. The lowest BCUT2D eigenvalue weighted by Crippen LogP contribution is -3.00. The number of rotatable bonds is 4. The van der Waals surface area contributed by atoms with E-state index in [1.807, 2.05) is 12.1 Å². The highest BCUT2D eigenvalue weighted by molar-refractivity contribution is 6.96. The lowest BCUT2D eigenvalue weighted by molar-refractivity contribution is -0.00100. The number of hydrogen-bond donors (Lipinski definition) is 0. The van der Waals surface area contributed by atoms with Crippen LogP contribution in [0.5, 0.6) is 0 Å². The molecule has 0 spiro atoms. The minimum absolute atomic E-state index is 0. The van der Waals surface area contributed by atoms with Crippen LogP contribution in [0.25, 0.3) is 0 Å². The Hall–Kier alpha value is 0.0194. The van der Waals surface area contributed by atoms with Gasteiger partial charge in [0.25, 0.3) is 0 Å². The molecule has 2 aromatic rings. The van der Waals surface area contributed by atoms with Crippen LogP contribution in [0, 0.1) is 0 Å². The van der Waals surface area contributed by atoms with Gasteiger partial charge in [0.2, 0.25) is 0 Å². The first kappa shape index (κ1) is 18.0. The molecular formula is C12H12AlCl3OSi. The van der Waals surface area contributed by atoms with Gasteiger partial charge in [-0.1, -0.05) is 36.4 Å². The summed E-state index contributed by atoms with van der Waals surface area (Å²) in [5.41, 5.74) is 0. The van der Waals surface area contributed by atoms with Crippen LogP contribution < -0.4 is 33.7 Å². The lowest BCUT2D eigenvalue weighted by Gasteiger charge is -1.85. The van der Waals surface area contributed by atoms with Gasteiger partial charge in [-0.15, -0.1) is 11.1 Å². The summed E-state index contributed by atoms with van der Waals surface area (Å²) < 4.78 is 8.44. The van der Waals surface area contributed by atoms with Crippen LogP contribution in [0.1, 0.15) is 0 Å². The lowest BCUT2D eigenvalue weighted by atomic mass is 10.4. The zero-order valence-corrected chi connectivity index (χ0v) is 14.4. The molecule has 6 heteroatoms. The summed E-state index contributed by atoms with van der Waals surface area (Å²) in [7, 11) is -0.887. The van der Waals surface area contributed by atoms with E-state index in [0.717, 1.165) is 0 Å². The van der Waals surface area contributed by atoms with Gasteiger partial charge in [0.15, 0.2) is 8.85 Å². The van der Waals surface area contributed by atoms with Crippen molar-refractivity contribution in [3.8, 4) is 0 Å². The molecule has 0 amide bonds. The van der Waals surface area contributed by atoms with E-state index in [4.69, 9.17) is 14.6 Å². The van der Waals surface area contributed by atoms with E-state index in [2.05, 4.69) is 48.5 Å². The van der Waals surface area contributed by atoms with Crippen molar-refractivity contribution in [2.75, 3.05) is 0 Å². The van der Waals surface area contributed by atoms with Crippen LogP contribution in [0.2, 0.25) is 0 Å². The second-order valence-corrected chi connectivity index (χ2v) is 7.78. The molecule has 0 heterocycles. The Kier molecular flexibility index (Phi) is 9.90. The van der Waals surface area contributed by atoms with Crippen LogP contribution in [-0.4, -0.2) is 23.6 Å². The quantitative estimate of drug-likeness (QED) is 0.402. The van der Waals surface area contributed by atoms with Crippen molar-refractivity contribution < 1.29 is 28.3 Å². The predicted octanol–water partition coefficient (Wildman–Crippen LogP) is -4.95. The highest BCUT2D eigenvalue weighted by atomic mass is 35.6. The SMILES string of the molecule is Cl[SiH2][O][Al+2]([c]1ccccc1)[c]1ccccc1.[Cl-].[Cl-]. The van der Waals surface area contributed by atoms with Crippen molar-refractivity contribution in [2.24, 2.45) is 0 Å². The molecule has 18 heavy (non-hydrogen) atoms. The van der Waals surface area contributed by atoms with Crippen molar-refractivity contribution in [3.05, 3.63) is 60.7 Å². The van der Waals surface area contributed by atoms with Crippen molar-refractivity contribution in [1.82, 2.24) is 0 Å². The number of hydrogen-bond acceptors (Lipinski definition) is 1. The fourth-order valence-electron chi connectivity index (χ4n) is 1.70. The third-order valence-corrected chi connectivity index (χ3v) is 7.39. The molecule has 0 aliphatic heterocycles. The van der Waals surface area contributed by atoms with Crippen molar-refractivity contribution in [1.29, 1.82) is 0 Å². The molecule has 0 N–H and O–H groups in total. The van der Waals surface area contributed by atoms with Crippen molar-refractivity contribution in [3.63, 3.8) is 0 Å². The molecule has 0 bridgehead atoms. The van der Waals surface area contributed by atoms with Gasteiger partial charge in [-0.25, -0.2) is 3.48 Å². The Morgan fingerprint density at radius 1 is 0.778 bits per heavy atom. The first-order valence-electron chi connectivity index (χ1n) is 5.19. The second-order valence-electron chi connectivity index (χ2n) is 3.48. The van der Waals surface area contributed by atoms with Gasteiger partial charge in [-0.3, -0.25) is 0 Å².